The molecule has 5 aromatic rings. The van der Waals surface area contributed by atoms with E-state index in [2.05, 4.69) is 10.2 Å². The summed E-state index contributed by atoms with van der Waals surface area (Å²) in [6.07, 6.45) is -4.50. The van der Waals surface area contributed by atoms with Crippen LogP contribution in [0.4, 0.5) is 13.2 Å². The third kappa shape index (κ3) is 3.32. The maximum Gasteiger partial charge on any atom is 0.417 e. The van der Waals surface area contributed by atoms with Gasteiger partial charge in [0.05, 0.1) is 5.56 Å². The Morgan fingerprint density at radius 3 is 1.87 bits per heavy atom. The molecule has 5 heteroatoms. The molecule has 0 unspecified atom stereocenters. The highest BCUT2D eigenvalue weighted by Crippen LogP contribution is 2.42. The van der Waals surface area contributed by atoms with Crippen molar-refractivity contribution in [1.29, 1.82) is 0 Å². The van der Waals surface area contributed by atoms with E-state index >= 15 is 0 Å². The molecule has 31 heavy (non-hydrogen) atoms. The van der Waals surface area contributed by atoms with Crippen LogP contribution in [0.25, 0.3) is 44.1 Å². The number of alkyl halides is 3. The van der Waals surface area contributed by atoms with E-state index in [1.807, 2.05) is 66.7 Å². The lowest BCUT2D eigenvalue weighted by Crippen LogP contribution is -2.09. The van der Waals surface area contributed by atoms with Gasteiger partial charge in [0.1, 0.15) is 11.4 Å². The topological polar surface area (TPSA) is 25.8 Å². The molecule has 1 aromatic heterocycles. The Morgan fingerprint density at radius 2 is 1.23 bits per heavy atom. The number of fused-ring (bicyclic) bond motifs is 2. The largest absolute Gasteiger partial charge is 0.417 e. The number of aromatic nitrogens is 2. The Hall–Kier alpha value is -3.73. The number of hydrogen-bond acceptors (Lipinski definition) is 2. The molecule has 0 fully saturated rings. The third-order valence-electron chi connectivity index (χ3n) is 5.51. The second-order valence-corrected chi connectivity index (χ2v) is 7.50. The summed E-state index contributed by atoms with van der Waals surface area (Å²) < 4.78 is 41.6. The number of hydrogen-bond donors (Lipinski definition) is 0. The quantitative estimate of drug-likeness (QED) is 0.281. The van der Waals surface area contributed by atoms with E-state index in [4.69, 9.17) is 0 Å². The third-order valence-corrected chi connectivity index (χ3v) is 5.51. The lowest BCUT2D eigenvalue weighted by Gasteiger charge is -2.17. The summed E-state index contributed by atoms with van der Waals surface area (Å²) in [4.78, 5) is 0. The van der Waals surface area contributed by atoms with E-state index in [1.165, 1.54) is 6.07 Å². The van der Waals surface area contributed by atoms with Crippen molar-refractivity contribution in [1.82, 2.24) is 10.2 Å². The van der Waals surface area contributed by atoms with Crippen LogP contribution >= 0.6 is 0 Å². The van der Waals surface area contributed by atoms with Crippen molar-refractivity contribution in [3.05, 3.63) is 96.1 Å². The fourth-order valence-electron chi connectivity index (χ4n) is 4.05. The van der Waals surface area contributed by atoms with Crippen LogP contribution in [0.15, 0.2) is 84.9 Å². The van der Waals surface area contributed by atoms with E-state index in [0.717, 1.165) is 27.8 Å². The molecular formula is C26H17F3N2. The van der Waals surface area contributed by atoms with Gasteiger partial charge >= 0.3 is 6.18 Å². The van der Waals surface area contributed by atoms with Gasteiger partial charge in [0.15, 0.2) is 0 Å². The van der Waals surface area contributed by atoms with Gasteiger partial charge in [0, 0.05) is 21.9 Å². The van der Waals surface area contributed by atoms with Gasteiger partial charge in [-0.25, -0.2) is 0 Å². The van der Waals surface area contributed by atoms with Gasteiger partial charge in [-0.2, -0.15) is 13.2 Å². The minimum atomic E-state index is -4.50. The maximum atomic E-state index is 13.9. The first-order valence-electron chi connectivity index (χ1n) is 9.85. The lowest BCUT2D eigenvalue weighted by molar-refractivity contribution is -0.137. The molecule has 0 aliphatic heterocycles. The first-order valence-corrected chi connectivity index (χ1v) is 9.85. The standard InChI is InChI=1S/C26H17F3N2/c1-16-8-7-13-22(26(27,28)29)23(16)25-21-15-19-12-6-5-11-18(19)14-20(21)24(30-31-25)17-9-3-2-4-10-17/h2-15H,1H3. The molecule has 0 saturated heterocycles. The van der Waals surface area contributed by atoms with Crippen LogP contribution in [0.3, 0.4) is 0 Å². The zero-order chi connectivity index (χ0) is 21.6. The lowest BCUT2D eigenvalue weighted by atomic mass is 9.92. The molecule has 5 rings (SSSR count). The van der Waals surface area contributed by atoms with E-state index < -0.39 is 11.7 Å². The van der Waals surface area contributed by atoms with Crippen molar-refractivity contribution >= 4 is 21.5 Å². The van der Waals surface area contributed by atoms with Crippen molar-refractivity contribution in [2.45, 2.75) is 13.1 Å². The summed E-state index contributed by atoms with van der Waals surface area (Å²) in [5.41, 5.74) is 1.62. The van der Waals surface area contributed by atoms with Gasteiger partial charge in [-0.05, 0) is 41.5 Å². The molecule has 0 saturated carbocycles. The van der Waals surface area contributed by atoms with Gasteiger partial charge in [-0.3, -0.25) is 0 Å². The van der Waals surface area contributed by atoms with Crippen LogP contribution in [-0.2, 0) is 6.18 Å². The average molecular weight is 414 g/mol. The van der Waals surface area contributed by atoms with E-state index in [1.54, 1.807) is 13.0 Å². The first-order chi connectivity index (χ1) is 14.9. The van der Waals surface area contributed by atoms with Crippen molar-refractivity contribution in [3.63, 3.8) is 0 Å². The molecule has 4 aromatic carbocycles. The maximum absolute atomic E-state index is 13.9. The van der Waals surface area contributed by atoms with Crippen molar-refractivity contribution < 1.29 is 13.2 Å². The Balaban J connectivity index is 1.92. The zero-order valence-corrected chi connectivity index (χ0v) is 16.6. The van der Waals surface area contributed by atoms with Crippen LogP contribution in [0, 0.1) is 6.92 Å². The summed E-state index contributed by atoms with van der Waals surface area (Å²) >= 11 is 0. The second-order valence-electron chi connectivity index (χ2n) is 7.50. The molecule has 0 atom stereocenters. The minimum Gasteiger partial charge on any atom is -0.166 e. The smallest absolute Gasteiger partial charge is 0.166 e. The van der Waals surface area contributed by atoms with Gasteiger partial charge in [0.25, 0.3) is 0 Å². The normalized spacial score (nSPS) is 11.9. The second kappa shape index (κ2) is 7.20. The molecule has 0 radical (unpaired) electrons. The summed E-state index contributed by atoms with van der Waals surface area (Å²) in [6.45, 7) is 1.67. The number of rotatable bonds is 2. The summed E-state index contributed by atoms with van der Waals surface area (Å²) in [5, 5.41) is 12.1. The molecule has 0 bridgehead atoms. The van der Waals surface area contributed by atoms with Gasteiger partial charge in [-0.1, -0.05) is 66.7 Å². The van der Waals surface area contributed by atoms with Crippen molar-refractivity contribution in [3.8, 4) is 22.5 Å². The van der Waals surface area contributed by atoms with Crippen LogP contribution < -0.4 is 0 Å². The van der Waals surface area contributed by atoms with Crippen molar-refractivity contribution in [2.24, 2.45) is 0 Å². The predicted molar refractivity (Wildman–Crippen MR) is 118 cm³/mol. The van der Waals surface area contributed by atoms with Crippen LogP contribution in [0.1, 0.15) is 11.1 Å². The monoisotopic (exact) mass is 414 g/mol. The molecule has 0 aliphatic carbocycles. The number of benzene rings is 4. The Bertz CT molecular complexity index is 1420. The number of nitrogens with zero attached hydrogens (tertiary/aromatic N) is 2. The SMILES string of the molecule is Cc1cccc(C(F)(F)F)c1-c1nnc(-c2ccccc2)c2cc3ccccc3cc12. The first kappa shape index (κ1) is 19.2. The van der Waals surface area contributed by atoms with Gasteiger partial charge in [0.2, 0.25) is 0 Å². The summed E-state index contributed by atoms with van der Waals surface area (Å²) in [7, 11) is 0. The van der Waals surface area contributed by atoms with Crippen LogP contribution in [-0.4, -0.2) is 10.2 Å². The van der Waals surface area contributed by atoms with E-state index in [0.29, 0.717) is 16.6 Å². The van der Waals surface area contributed by atoms with Gasteiger partial charge in [-0.15, -0.1) is 10.2 Å². The summed E-state index contributed by atoms with van der Waals surface area (Å²) in [5.74, 6) is 0. The molecule has 0 spiro atoms. The molecule has 0 amide bonds. The van der Waals surface area contributed by atoms with E-state index in [9.17, 15) is 13.2 Å². The summed E-state index contributed by atoms with van der Waals surface area (Å²) in [6, 6.07) is 25.4. The zero-order valence-electron chi connectivity index (χ0n) is 16.6. The highest BCUT2D eigenvalue weighted by atomic mass is 19.4. The van der Waals surface area contributed by atoms with E-state index in [-0.39, 0.29) is 11.3 Å². The minimum absolute atomic E-state index is 0.0717. The van der Waals surface area contributed by atoms with Gasteiger partial charge < -0.3 is 0 Å². The van der Waals surface area contributed by atoms with Crippen LogP contribution in [0.2, 0.25) is 0 Å². The molecule has 0 aliphatic rings. The number of halogens is 3. The highest BCUT2D eigenvalue weighted by molar-refractivity contribution is 6.09. The Kier molecular flexibility index (Phi) is 4.47. The molecule has 0 N–H and O–H groups in total. The average Bonchev–Trinajstić information content (AvgIpc) is 2.77. The van der Waals surface area contributed by atoms with Crippen LogP contribution in [0.5, 0.6) is 0 Å². The van der Waals surface area contributed by atoms with Crippen molar-refractivity contribution in [2.75, 3.05) is 0 Å². The molecule has 2 nitrogen and oxygen atoms in total. The fraction of sp³-hybridized carbons (Fsp3) is 0.0769. The Morgan fingerprint density at radius 1 is 0.645 bits per heavy atom. The highest BCUT2D eigenvalue weighted by Gasteiger charge is 2.35. The molecule has 152 valence electrons. The predicted octanol–water partition coefficient (Wildman–Crippen LogP) is 7.44. The Labute approximate surface area is 177 Å². The molecular weight excluding hydrogens is 397 g/mol. The number of aryl methyl sites for hydroxylation is 1. The fourth-order valence-corrected chi connectivity index (χ4v) is 4.05. The molecule has 1 heterocycles.